The van der Waals surface area contributed by atoms with Crippen LogP contribution in [0.3, 0.4) is 0 Å². The van der Waals surface area contributed by atoms with E-state index in [1.165, 1.54) is 41.3 Å². The molecule has 0 N–H and O–H groups in total. The minimum atomic E-state index is -0.443. The van der Waals surface area contributed by atoms with Gasteiger partial charge in [-0.2, -0.15) is 0 Å². The summed E-state index contributed by atoms with van der Waals surface area (Å²) in [4.78, 5) is 17.5. The number of carbonyl (C=O) groups excluding carboxylic acids is 1. The lowest BCUT2D eigenvalue weighted by atomic mass is 10.2. The van der Waals surface area contributed by atoms with Gasteiger partial charge in [0, 0.05) is 21.6 Å². The molecule has 0 saturated heterocycles. The van der Waals surface area contributed by atoms with E-state index in [1.54, 1.807) is 17.6 Å². The number of hydrogen-bond acceptors (Lipinski definition) is 5. The molecule has 3 nitrogen and oxygen atoms in total. The normalized spacial score (nSPS) is 10.6. The molecule has 3 rings (SSSR count). The van der Waals surface area contributed by atoms with Gasteiger partial charge in [0.15, 0.2) is 0 Å². The number of thioether (sulfide) groups is 1. The number of aromatic nitrogens is 1. The Labute approximate surface area is 157 Å². The van der Waals surface area contributed by atoms with Crippen molar-refractivity contribution in [1.29, 1.82) is 0 Å². The Balaban J connectivity index is 1.67. The number of benzene rings is 2. The quantitative estimate of drug-likeness (QED) is 0.404. The molecule has 128 valence electrons. The highest BCUT2D eigenvalue weighted by Gasteiger charge is 2.14. The average molecular weight is 394 g/mol. The highest BCUT2D eigenvalue weighted by molar-refractivity contribution is 7.98. The number of esters is 1. The third-order valence-electron chi connectivity index (χ3n) is 3.34. The minimum Gasteiger partial charge on any atom is -0.457 e. The van der Waals surface area contributed by atoms with E-state index in [0.29, 0.717) is 16.9 Å². The van der Waals surface area contributed by atoms with Gasteiger partial charge < -0.3 is 4.74 Å². The molecule has 0 aliphatic heterocycles. The molecule has 0 radical (unpaired) electrons. The Hall–Kier alpha value is -1.89. The van der Waals surface area contributed by atoms with E-state index < -0.39 is 11.8 Å². The van der Waals surface area contributed by atoms with Gasteiger partial charge in [0.2, 0.25) is 0 Å². The Morgan fingerprint density at radius 3 is 2.88 bits per heavy atom. The van der Waals surface area contributed by atoms with E-state index in [-0.39, 0.29) is 11.6 Å². The van der Waals surface area contributed by atoms with E-state index in [2.05, 4.69) is 4.98 Å². The van der Waals surface area contributed by atoms with Crippen molar-refractivity contribution in [2.45, 2.75) is 17.3 Å². The van der Waals surface area contributed by atoms with Gasteiger partial charge in [0.1, 0.15) is 12.4 Å². The van der Waals surface area contributed by atoms with Crippen LogP contribution in [0.25, 0.3) is 0 Å². The molecule has 0 aliphatic rings. The van der Waals surface area contributed by atoms with Gasteiger partial charge in [-0.25, -0.2) is 14.2 Å². The summed E-state index contributed by atoms with van der Waals surface area (Å²) in [7, 11) is 0. The summed E-state index contributed by atoms with van der Waals surface area (Å²) >= 11 is 9.02. The van der Waals surface area contributed by atoms with Crippen LogP contribution in [0.4, 0.5) is 4.39 Å². The van der Waals surface area contributed by atoms with Gasteiger partial charge in [0.05, 0.1) is 21.8 Å². The lowest BCUT2D eigenvalue weighted by Crippen LogP contribution is -2.07. The molecular weight excluding hydrogens is 381 g/mol. The van der Waals surface area contributed by atoms with E-state index in [4.69, 9.17) is 16.3 Å². The van der Waals surface area contributed by atoms with Crippen LogP contribution in [0.1, 0.15) is 21.6 Å². The first-order valence-electron chi connectivity index (χ1n) is 7.33. The summed E-state index contributed by atoms with van der Waals surface area (Å²) in [5, 5.41) is 2.21. The highest BCUT2D eigenvalue weighted by Crippen LogP contribution is 2.27. The summed E-state index contributed by atoms with van der Waals surface area (Å²) in [5.74, 6) is -0.192. The number of ether oxygens (including phenoxy) is 1. The molecule has 3 aromatic rings. The van der Waals surface area contributed by atoms with Crippen LogP contribution in [0, 0.1) is 5.82 Å². The molecular formula is C18H13ClFNO2S2. The van der Waals surface area contributed by atoms with Crippen LogP contribution in [-0.4, -0.2) is 11.0 Å². The maximum atomic E-state index is 13.1. The first-order valence-corrected chi connectivity index (χ1v) is 9.64. The number of thiazole rings is 1. The number of rotatable bonds is 6. The van der Waals surface area contributed by atoms with Crippen molar-refractivity contribution in [3.8, 4) is 0 Å². The average Bonchev–Trinajstić information content (AvgIpc) is 3.13. The minimum absolute atomic E-state index is 0.0109. The smallest absolute Gasteiger partial charge is 0.339 e. The molecule has 0 bridgehead atoms. The summed E-state index contributed by atoms with van der Waals surface area (Å²) < 4.78 is 18.4. The lowest BCUT2D eigenvalue weighted by Gasteiger charge is -2.10. The third-order valence-corrected chi connectivity index (χ3v) is 5.43. The molecule has 1 aromatic heterocycles. The number of carbonyl (C=O) groups is 1. The zero-order valence-corrected chi connectivity index (χ0v) is 15.3. The van der Waals surface area contributed by atoms with Crippen LogP contribution >= 0.6 is 34.7 Å². The molecule has 0 unspecified atom stereocenters. The lowest BCUT2D eigenvalue weighted by molar-refractivity contribution is 0.0468. The molecule has 7 heteroatoms. The fourth-order valence-corrected chi connectivity index (χ4v) is 3.91. The largest absolute Gasteiger partial charge is 0.457 e. The van der Waals surface area contributed by atoms with Crippen molar-refractivity contribution in [3.05, 3.63) is 81.0 Å². The van der Waals surface area contributed by atoms with Crippen molar-refractivity contribution in [2.24, 2.45) is 0 Å². The first-order chi connectivity index (χ1) is 12.1. The maximum Gasteiger partial charge on any atom is 0.339 e. The van der Waals surface area contributed by atoms with Crippen LogP contribution in [0.2, 0.25) is 5.02 Å². The van der Waals surface area contributed by atoms with Gasteiger partial charge in [-0.05, 0) is 24.3 Å². The summed E-state index contributed by atoms with van der Waals surface area (Å²) in [6.45, 7) is -0.0109. The Morgan fingerprint density at radius 1 is 1.28 bits per heavy atom. The van der Waals surface area contributed by atoms with Gasteiger partial charge in [-0.3, -0.25) is 0 Å². The predicted molar refractivity (Wildman–Crippen MR) is 98.6 cm³/mol. The van der Waals surface area contributed by atoms with E-state index in [1.807, 2.05) is 17.5 Å². The highest BCUT2D eigenvalue weighted by atomic mass is 35.5. The van der Waals surface area contributed by atoms with Crippen LogP contribution in [0.15, 0.2) is 58.3 Å². The molecule has 0 fully saturated rings. The van der Waals surface area contributed by atoms with Crippen LogP contribution < -0.4 is 0 Å². The zero-order chi connectivity index (χ0) is 17.6. The van der Waals surface area contributed by atoms with Gasteiger partial charge in [-0.15, -0.1) is 23.1 Å². The standard InChI is InChI=1S/C18H13ClFNO2S2/c19-16-7-13(20)6-5-12(16)8-23-18(22)15-3-1-2-4-17(15)25-10-14-9-24-11-21-14/h1-7,9,11H,8,10H2. The van der Waals surface area contributed by atoms with Crippen molar-refractivity contribution in [2.75, 3.05) is 0 Å². The Bertz CT molecular complexity index is 871. The Morgan fingerprint density at radius 2 is 2.12 bits per heavy atom. The first kappa shape index (κ1) is 17.9. The fourth-order valence-electron chi connectivity index (χ4n) is 2.08. The third kappa shape index (κ3) is 4.81. The van der Waals surface area contributed by atoms with Gasteiger partial charge in [0.25, 0.3) is 0 Å². The maximum absolute atomic E-state index is 13.1. The fraction of sp³-hybridized carbons (Fsp3) is 0.111. The zero-order valence-electron chi connectivity index (χ0n) is 12.9. The number of hydrogen-bond donors (Lipinski definition) is 0. The van der Waals surface area contributed by atoms with Gasteiger partial charge >= 0.3 is 5.97 Å². The van der Waals surface area contributed by atoms with E-state index >= 15 is 0 Å². The summed E-state index contributed by atoms with van der Waals surface area (Å²) in [5.41, 5.74) is 3.80. The van der Waals surface area contributed by atoms with Crippen molar-refractivity contribution >= 4 is 40.7 Å². The summed E-state index contributed by atoms with van der Waals surface area (Å²) in [6.07, 6.45) is 0. The molecule has 25 heavy (non-hydrogen) atoms. The monoisotopic (exact) mass is 393 g/mol. The van der Waals surface area contributed by atoms with E-state index in [0.717, 1.165) is 10.6 Å². The molecule has 0 amide bonds. The summed E-state index contributed by atoms with van der Waals surface area (Å²) in [6, 6.07) is 11.2. The van der Waals surface area contributed by atoms with Crippen LogP contribution in [0.5, 0.6) is 0 Å². The molecule has 0 aliphatic carbocycles. The van der Waals surface area contributed by atoms with Crippen molar-refractivity contribution in [3.63, 3.8) is 0 Å². The SMILES string of the molecule is O=C(OCc1ccc(F)cc1Cl)c1ccccc1SCc1cscn1. The second-order valence-electron chi connectivity index (χ2n) is 5.08. The molecule has 0 saturated carbocycles. The second-order valence-corrected chi connectivity index (χ2v) is 7.22. The number of halogens is 2. The second kappa shape index (κ2) is 8.47. The topological polar surface area (TPSA) is 39.2 Å². The predicted octanol–water partition coefficient (Wildman–Crippen LogP) is 5.58. The molecule has 2 aromatic carbocycles. The van der Waals surface area contributed by atoms with Crippen molar-refractivity contribution < 1.29 is 13.9 Å². The number of nitrogens with zero attached hydrogens (tertiary/aromatic N) is 1. The van der Waals surface area contributed by atoms with Gasteiger partial charge in [-0.1, -0.05) is 29.8 Å². The van der Waals surface area contributed by atoms with Crippen molar-refractivity contribution in [1.82, 2.24) is 4.98 Å². The van der Waals surface area contributed by atoms with Crippen LogP contribution in [-0.2, 0) is 17.1 Å². The molecule has 0 spiro atoms. The Kier molecular flexibility index (Phi) is 6.07. The molecule has 0 atom stereocenters. The molecule has 1 heterocycles. The van der Waals surface area contributed by atoms with E-state index in [9.17, 15) is 9.18 Å².